The SMILES string of the molecule is COc1cc2c(c3c1OC(C)(C)C3)C(c1cccc(-c3cccnc3)c1)=NC(C)(C)C2. The van der Waals surface area contributed by atoms with E-state index in [0.29, 0.717) is 0 Å². The van der Waals surface area contributed by atoms with Gasteiger partial charge in [0.05, 0.1) is 18.4 Å². The van der Waals surface area contributed by atoms with E-state index in [4.69, 9.17) is 14.5 Å². The Balaban J connectivity index is 1.72. The topological polar surface area (TPSA) is 43.7 Å². The van der Waals surface area contributed by atoms with E-state index in [0.717, 1.165) is 46.7 Å². The van der Waals surface area contributed by atoms with Crippen LogP contribution >= 0.6 is 0 Å². The lowest BCUT2D eigenvalue weighted by Crippen LogP contribution is -2.30. The molecule has 3 aromatic rings. The lowest BCUT2D eigenvalue weighted by atomic mass is 9.80. The molecule has 0 spiro atoms. The molecule has 4 heteroatoms. The van der Waals surface area contributed by atoms with Gasteiger partial charge in [-0.1, -0.05) is 24.3 Å². The quantitative estimate of drug-likeness (QED) is 0.559. The highest BCUT2D eigenvalue weighted by Crippen LogP contribution is 2.47. The standard InChI is InChI=1S/C27H28N2O2/c1-26(2)14-20-13-22(30-5)25-21(15-27(3,4)31-25)23(20)24(29-26)18-9-6-8-17(12-18)19-10-7-11-28-16-19/h6-13,16H,14-15H2,1-5H3. The molecule has 31 heavy (non-hydrogen) atoms. The van der Waals surface area contributed by atoms with Gasteiger partial charge in [-0.2, -0.15) is 0 Å². The van der Waals surface area contributed by atoms with Gasteiger partial charge in [0, 0.05) is 41.1 Å². The van der Waals surface area contributed by atoms with Gasteiger partial charge in [0.2, 0.25) is 0 Å². The second-order valence-corrected chi connectivity index (χ2v) is 9.73. The van der Waals surface area contributed by atoms with Gasteiger partial charge in [-0.3, -0.25) is 9.98 Å². The Bertz CT molecular complexity index is 1190. The highest BCUT2D eigenvalue weighted by atomic mass is 16.5. The highest BCUT2D eigenvalue weighted by Gasteiger charge is 2.39. The molecule has 0 atom stereocenters. The molecule has 2 aliphatic heterocycles. The summed E-state index contributed by atoms with van der Waals surface area (Å²) in [5.41, 5.74) is 7.64. The van der Waals surface area contributed by atoms with Crippen LogP contribution in [0.4, 0.5) is 0 Å². The Morgan fingerprint density at radius 3 is 2.45 bits per heavy atom. The minimum Gasteiger partial charge on any atom is -0.493 e. The molecular weight excluding hydrogens is 384 g/mol. The fraction of sp³-hybridized carbons (Fsp3) is 0.333. The van der Waals surface area contributed by atoms with Gasteiger partial charge in [0.1, 0.15) is 5.60 Å². The first kappa shape index (κ1) is 19.8. The molecule has 0 amide bonds. The predicted molar refractivity (Wildman–Crippen MR) is 125 cm³/mol. The van der Waals surface area contributed by atoms with Crippen molar-refractivity contribution in [1.29, 1.82) is 0 Å². The molecule has 1 aromatic heterocycles. The number of aliphatic imine (C=N–C) groups is 1. The van der Waals surface area contributed by atoms with Crippen molar-refractivity contribution in [2.75, 3.05) is 7.11 Å². The lowest BCUT2D eigenvalue weighted by molar-refractivity contribution is 0.134. The maximum Gasteiger partial charge on any atom is 0.166 e. The zero-order chi connectivity index (χ0) is 21.8. The summed E-state index contributed by atoms with van der Waals surface area (Å²) in [7, 11) is 1.72. The average molecular weight is 413 g/mol. The molecule has 2 aliphatic rings. The molecule has 4 nitrogen and oxygen atoms in total. The van der Waals surface area contributed by atoms with Crippen LogP contribution in [0.15, 0.2) is 59.9 Å². The number of nitrogens with zero attached hydrogens (tertiary/aromatic N) is 2. The Morgan fingerprint density at radius 2 is 1.71 bits per heavy atom. The zero-order valence-corrected chi connectivity index (χ0v) is 18.8. The third-order valence-corrected chi connectivity index (χ3v) is 6.03. The van der Waals surface area contributed by atoms with Crippen LogP contribution in [0.25, 0.3) is 11.1 Å². The summed E-state index contributed by atoms with van der Waals surface area (Å²) in [5.74, 6) is 1.68. The lowest BCUT2D eigenvalue weighted by Gasteiger charge is -2.31. The van der Waals surface area contributed by atoms with Crippen LogP contribution in [0.5, 0.6) is 11.5 Å². The minimum atomic E-state index is -0.264. The molecule has 0 fully saturated rings. The van der Waals surface area contributed by atoms with E-state index in [1.807, 2.05) is 12.3 Å². The molecule has 2 aromatic carbocycles. The van der Waals surface area contributed by atoms with Crippen LogP contribution in [-0.2, 0) is 12.8 Å². The van der Waals surface area contributed by atoms with Gasteiger partial charge in [-0.15, -0.1) is 0 Å². The maximum atomic E-state index is 6.32. The predicted octanol–water partition coefficient (Wildman–Crippen LogP) is 5.64. The summed E-state index contributed by atoms with van der Waals surface area (Å²) in [4.78, 5) is 9.53. The maximum absolute atomic E-state index is 6.32. The molecule has 0 bridgehead atoms. The van der Waals surface area contributed by atoms with Crippen molar-refractivity contribution in [1.82, 2.24) is 4.98 Å². The summed E-state index contributed by atoms with van der Waals surface area (Å²) in [6.45, 7) is 8.65. The molecule has 0 N–H and O–H groups in total. The molecule has 0 saturated heterocycles. The molecule has 0 saturated carbocycles. The molecule has 0 unspecified atom stereocenters. The zero-order valence-electron chi connectivity index (χ0n) is 18.8. The summed E-state index contributed by atoms with van der Waals surface area (Å²) in [6, 6.07) is 14.8. The van der Waals surface area contributed by atoms with Crippen LogP contribution in [0.1, 0.15) is 49.9 Å². The van der Waals surface area contributed by atoms with Gasteiger partial charge in [0.25, 0.3) is 0 Å². The van der Waals surface area contributed by atoms with Gasteiger partial charge >= 0.3 is 0 Å². The number of benzene rings is 2. The third-order valence-electron chi connectivity index (χ3n) is 6.03. The number of rotatable bonds is 3. The van der Waals surface area contributed by atoms with Crippen LogP contribution < -0.4 is 9.47 Å². The van der Waals surface area contributed by atoms with Gasteiger partial charge < -0.3 is 9.47 Å². The molecular formula is C27H28N2O2. The van der Waals surface area contributed by atoms with Gasteiger partial charge in [-0.25, -0.2) is 0 Å². The van der Waals surface area contributed by atoms with E-state index < -0.39 is 0 Å². The van der Waals surface area contributed by atoms with E-state index in [1.165, 1.54) is 16.7 Å². The van der Waals surface area contributed by atoms with Gasteiger partial charge in [-0.05, 0) is 63.4 Å². The van der Waals surface area contributed by atoms with E-state index in [-0.39, 0.29) is 11.1 Å². The first-order chi connectivity index (χ1) is 14.8. The van der Waals surface area contributed by atoms with Crippen LogP contribution in [0, 0.1) is 0 Å². The molecule has 3 heterocycles. The molecule has 5 rings (SSSR count). The number of hydrogen-bond acceptors (Lipinski definition) is 4. The van der Waals surface area contributed by atoms with Crippen molar-refractivity contribution in [3.8, 4) is 22.6 Å². The molecule has 0 aliphatic carbocycles. The monoisotopic (exact) mass is 412 g/mol. The summed E-state index contributed by atoms with van der Waals surface area (Å²) >= 11 is 0. The largest absolute Gasteiger partial charge is 0.493 e. The minimum absolute atomic E-state index is 0.194. The van der Waals surface area contributed by atoms with E-state index in [1.54, 1.807) is 13.3 Å². The van der Waals surface area contributed by atoms with Crippen molar-refractivity contribution in [2.24, 2.45) is 4.99 Å². The van der Waals surface area contributed by atoms with Crippen molar-refractivity contribution in [3.63, 3.8) is 0 Å². The number of pyridine rings is 1. The number of methoxy groups -OCH3 is 1. The normalized spacial score (nSPS) is 17.9. The average Bonchev–Trinajstić information content (AvgIpc) is 3.07. The van der Waals surface area contributed by atoms with Crippen molar-refractivity contribution < 1.29 is 9.47 Å². The fourth-order valence-corrected chi connectivity index (χ4v) is 4.81. The van der Waals surface area contributed by atoms with E-state index >= 15 is 0 Å². The van der Waals surface area contributed by atoms with E-state index in [9.17, 15) is 0 Å². The highest BCUT2D eigenvalue weighted by molar-refractivity contribution is 6.16. The molecule has 0 radical (unpaired) electrons. The van der Waals surface area contributed by atoms with Crippen LogP contribution in [-0.4, -0.2) is 28.9 Å². The fourth-order valence-electron chi connectivity index (χ4n) is 4.81. The smallest absolute Gasteiger partial charge is 0.166 e. The van der Waals surface area contributed by atoms with E-state index in [2.05, 4.69) is 69.1 Å². The summed E-state index contributed by atoms with van der Waals surface area (Å²) in [6.07, 6.45) is 5.41. The second kappa shape index (κ2) is 6.94. The van der Waals surface area contributed by atoms with Gasteiger partial charge in [0.15, 0.2) is 11.5 Å². The van der Waals surface area contributed by atoms with Crippen molar-refractivity contribution in [3.05, 3.63) is 77.1 Å². The van der Waals surface area contributed by atoms with Crippen molar-refractivity contribution in [2.45, 2.75) is 51.7 Å². The first-order valence-electron chi connectivity index (χ1n) is 10.8. The molecule has 158 valence electrons. The number of aromatic nitrogens is 1. The van der Waals surface area contributed by atoms with Crippen LogP contribution in [0.2, 0.25) is 0 Å². The summed E-state index contributed by atoms with van der Waals surface area (Å²) in [5, 5.41) is 0. The third kappa shape index (κ3) is 3.50. The second-order valence-electron chi connectivity index (χ2n) is 9.73. The Labute approximate surface area is 184 Å². The van der Waals surface area contributed by atoms with Crippen LogP contribution in [0.3, 0.4) is 0 Å². The first-order valence-corrected chi connectivity index (χ1v) is 10.8. The summed E-state index contributed by atoms with van der Waals surface area (Å²) < 4.78 is 12.1. The Hall–Kier alpha value is -3.14. The van der Waals surface area contributed by atoms with Crippen molar-refractivity contribution >= 4 is 5.71 Å². The Kier molecular flexibility index (Phi) is 4.44. The number of fused-ring (bicyclic) bond motifs is 3. The number of ether oxygens (including phenoxy) is 2. The number of hydrogen-bond donors (Lipinski definition) is 0. The Morgan fingerprint density at radius 1 is 0.935 bits per heavy atom.